The third-order valence-corrected chi connectivity index (χ3v) is 6.24. The van der Waals surface area contributed by atoms with E-state index in [4.69, 9.17) is 9.47 Å². The molecule has 0 N–H and O–H groups in total. The Morgan fingerprint density at radius 2 is 1.95 bits per heavy atom. The van der Waals surface area contributed by atoms with Crippen LogP contribution in [0.25, 0.3) is 0 Å². The minimum absolute atomic E-state index is 0.128. The highest BCUT2D eigenvalue weighted by atomic mass is 16.7. The third kappa shape index (κ3) is 1.50. The van der Waals surface area contributed by atoms with Crippen LogP contribution in [0, 0.1) is 17.8 Å². The summed E-state index contributed by atoms with van der Waals surface area (Å²) >= 11 is 0. The van der Waals surface area contributed by atoms with Crippen molar-refractivity contribution >= 4 is 0 Å². The predicted octanol–water partition coefficient (Wildman–Crippen LogP) is 3.70. The average Bonchev–Trinajstić information content (AvgIpc) is 3.15. The van der Waals surface area contributed by atoms with Crippen molar-refractivity contribution < 1.29 is 9.47 Å². The normalized spacial score (nSPS) is 58.9. The zero-order valence-electron chi connectivity index (χ0n) is 12.6. The first-order valence-electron chi connectivity index (χ1n) is 8.01. The lowest BCUT2D eigenvalue weighted by molar-refractivity contribution is -0.0790. The summed E-state index contributed by atoms with van der Waals surface area (Å²) in [5, 5.41) is 0. The largest absolute Gasteiger partial charge is 0.367 e. The van der Waals surface area contributed by atoms with Gasteiger partial charge in [-0.1, -0.05) is 32.4 Å². The summed E-state index contributed by atoms with van der Waals surface area (Å²) in [6.07, 6.45) is 8.02. The molecular formula is C17H26O2. The molecule has 19 heavy (non-hydrogen) atoms. The van der Waals surface area contributed by atoms with Crippen LogP contribution >= 0.6 is 0 Å². The topological polar surface area (TPSA) is 21.8 Å². The van der Waals surface area contributed by atoms with E-state index in [1.165, 1.54) is 31.3 Å². The molecule has 2 saturated carbocycles. The molecule has 3 aliphatic carbocycles. The summed E-state index contributed by atoms with van der Waals surface area (Å²) < 4.78 is 12.7. The van der Waals surface area contributed by atoms with Crippen molar-refractivity contribution in [2.75, 3.05) is 0 Å². The van der Waals surface area contributed by atoms with Gasteiger partial charge in [0.15, 0.2) is 0 Å². The van der Waals surface area contributed by atoms with Gasteiger partial charge in [-0.05, 0) is 43.9 Å². The summed E-state index contributed by atoms with van der Waals surface area (Å²) in [5.74, 6) is 2.01. The standard InChI is InChI=1S/C17H26O2/c1-10-5-6-11(2)14(7-10)18-15-12(3)8-13(4)16-9-17(15,16)19-16/h7,11-15H,5-6,8-9H2,1-4H3/t11-,12-,13-,14?,15?,16?,17-/m1/s1. The molecule has 0 aromatic heterocycles. The van der Waals surface area contributed by atoms with Crippen molar-refractivity contribution in [3.05, 3.63) is 11.6 Å². The maximum atomic E-state index is 6.57. The lowest BCUT2D eigenvalue weighted by Gasteiger charge is -2.35. The second kappa shape index (κ2) is 3.65. The molecule has 1 saturated heterocycles. The van der Waals surface area contributed by atoms with E-state index >= 15 is 0 Å². The Morgan fingerprint density at radius 1 is 1.21 bits per heavy atom. The van der Waals surface area contributed by atoms with Crippen LogP contribution in [0.3, 0.4) is 0 Å². The molecule has 2 heteroatoms. The van der Waals surface area contributed by atoms with Crippen molar-refractivity contribution in [2.45, 2.75) is 76.8 Å². The molecule has 0 amide bonds. The SMILES string of the molecule is CC1=CC(OC2[C@H](C)C[C@@H](C)C34C[C@@]23O4)[C@H](C)CC1. The predicted molar refractivity (Wildman–Crippen MR) is 74.9 cm³/mol. The molecule has 106 valence electrons. The van der Waals surface area contributed by atoms with E-state index in [-0.39, 0.29) is 11.2 Å². The fourth-order valence-corrected chi connectivity index (χ4v) is 4.79. The second-order valence-electron chi connectivity index (χ2n) is 7.72. The molecule has 3 unspecified atom stereocenters. The minimum Gasteiger partial charge on any atom is -0.367 e. The lowest BCUT2D eigenvalue weighted by Crippen LogP contribution is -2.41. The minimum atomic E-state index is 0.128. The van der Waals surface area contributed by atoms with E-state index in [1.54, 1.807) is 0 Å². The quantitative estimate of drug-likeness (QED) is 0.559. The van der Waals surface area contributed by atoms with Crippen molar-refractivity contribution in [1.29, 1.82) is 0 Å². The number of epoxide rings is 1. The third-order valence-electron chi connectivity index (χ3n) is 6.24. The van der Waals surface area contributed by atoms with E-state index in [0.29, 0.717) is 24.0 Å². The molecular weight excluding hydrogens is 236 g/mol. The van der Waals surface area contributed by atoms with Gasteiger partial charge in [-0.15, -0.1) is 0 Å². The van der Waals surface area contributed by atoms with Crippen LogP contribution in [0.1, 0.15) is 53.4 Å². The summed E-state index contributed by atoms with van der Waals surface area (Å²) in [7, 11) is 0. The molecule has 0 radical (unpaired) electrons. The van der Waals surface area contributed by atoms with Crippen molar-refractivity contribution in [1.82, 2.24) is 0 Å². The molecule has 4 rings (SSSR count). The monoisotopic (exact) mass is 262 g/mol. The van der Waals surface area contributed by atoms with Gasteiger partial charge in [0.1, 0.15) is 11.2 Å². The summed E-state index contributed by atoms with van der Waals surface area (Å²) in [6.45, 7) is 9.27. The fraction of sp³-hybridized carbons (Fsp3) is 0.882. The Bertz CT molecular complexity index is 433. The molecule has 2 nitrogen and oxygen atoms in total. The van der Waals surface area contributed by atoms with E-state index in [1.807, 2.05) is 0 Å². The van der Waals surface area contributed by atoms with Gasteiger partial charge >= 0.3 is 0 Å². The van der Waals surface area contributed by atoms with E-state index in [9.17, 15) is 0 Å². The number of allylic oxidation sites excluding steroid dienone is 1. The highest BCUT2D eigenvalue weighted by Crippen LogP contribution is 2.80. The van der Waals surface area contributed by atoms with Crippen LogP contribution in [0.2, 0.25) is 0 Å². The van der Waals surface area contributed by atoms with Gasteiger partial charge < -0.3 is 9.47 Å². The number of hydrogen-bond acceptors (Lipinski definition) is 2. The number of ether oxygens (including phenoxy) is 2. The van der Waals surface area contributed by atoms with Gasteiger partial charge in [-0.2, -0.15) is 0 Å². The molecule has 0 aromatic rings. The van der Waals surface area contributed by atoms with Crippen LogP contribution in [0.5, 0.6) is 0 Å². The highest BCUT2D eigenvalue weighted by Gasteiger charge is 2.93. The van der Waals surface area contributed by atoms with Gasteiger partial charge in [-0.3, -0.25) is 0 Å². The molecule has 0 bridgehead atoms. The Kier molecular flexibility index (Phi) is 2.38. The maximum absolute atomic E-state index is 6.57. The Hall–Kier alpha value is -0.340. The lowest BCUT2D eigenvalue weighted by atomic mass is 9.81. The van der Waals surface area contributed by atoms with E-state index in [0.717, 1.165) is 5.92 Å². The smallest absolute Gasteiger partial charge is 0.127 e. The first-order chi connectivity index (χ1) is 8.98. The van der Waals surface area contributed by atoms with Crippen LogP contribution in [-0.4, -0.2) is 23.4 Å². The Labute approximate surface area is 116 Å². The fourth-order valence-electron chi connectivity index (χ4n) is 4.79. The van der Waals surface area contributed by atoms with Gasteiger partial charge in [-0.25, -0.2) is 0 Å². The van der Waals surface area contributed by atoms with Crippen LogP contribution in [0.4, 0.5) is 0 Å². The van der Waals surface area contributed by atoms with Crippen LogP contribution in [-0.2, 0) is 9.47 Å². The van der Waals surface area contributed by atoms with Gasteiger partial charge in [0.05, 0.1) is 12.2 Å². The first-order valence-corrected chi connectivity index (χ1v) is 8.01. The number of hydrogen-bond donors (Lipinski definition) is 0. The van der Waals surface area contributed by atoms with Gasteiger partial charge in [0, 0.05) is 6.42 Å². The zero-order chi connectivity index (χ0) is 13.4. The summed E-state index contributed by atoms with van der Waals surface area (Å²) in [4.78, 5) is 0. The van der Waals surface area contributed by atoms with Crippen LogP contribution < -0.4 is 0 Å². The Balaban J connectivity index is 1.53. The number of rotatable bonds is 2. The van der Waals surface area contributed by atoms with Crippen molar-refractivity contribution in [3.8, 4) is 0 Å². The molecule has 0 spiro atoms. The van der Waals surface area contributed by atoms with Crippen LogP contribution in [0.15, 0.2) is 11.6 Å². The second-order valence-corrected chi connectivity index (χ2v) is 7.72. The highest BCUT2D eigenvalue weighted by molar-refractivity contribution is 5.41. The maximum Gasteiger partial charge on any atom is 0.127 e. The van der Waals surface area contributed by atoms with Gasteiger partial charge in [0.25, 0.3) is 0 Å². The van der Waals surface area contributed by atoms with Crippen molar-refractivity contribution in [2.24, 2.45) is 17.8 Å². The van der Waals surface area contributed by atoms with Gasteiger partial charge in [0.2, 0.25) is 0 Å². The average molecular weight is 262 g/mol. The summed E-state index contributed by atoms with van der Waals surface area (Å²) in [5.41, 5.74) is 1.86. The van der Waals surface area contributed by atoms with E-state index in [2.05, 4.69) is 33.8 Å². The molecule has 1 aliphatic heterocycles. The summed E-state index contributed by atoms with van der Waals surface area (Å²) in [6, 6.07) is 0. The molecule has 7 atom stereocenters. The molecule has 4 aliphatic rings. The molecule has 3 fully saturated rings. The first kappa shape index (κ1) is 12.4. The van der Waals surface area contributed by atoms with E-state index < -0.39 is 0 Å². The zero-order valence-corrected chi connectivity index (χ0v) is 12.6. The molecule has 1 heterocycles. The Morgan fingerprint density at radius 3 is 2.68 bits per heavy atom. The van der Waals surface area contributed by atoms with Crippen molar-refractivity contribution in [3.63, 3.8) is 0 Å². The molecule has 0 aromatic carbocycles.